The number of nitrogen functional groups attached to an aromatic ring is 1. The van der Waals surface area contributed by atoms with Crippen molar-refractivity contribution in [3.63, 3.8) is 0 Å². The fourth-order valence-electron chi connectivity index (χ4n) is 2.56. The third-order valence-electron chi connectivity index (χ3n) is 3.69. The van der Waals surface area contributed by atoms with Crippen LogP contribution >= 0.6 is 11.3 Å². The number of nitrogens with two attached hydrogens (primary N) is 1. The zero-order valence-corrected chi connectivity index (χ0v) is 12.5. The highest BCUT2D eigenvalue weighted by atomic mass is 32.1. The van der Waals surface area contributed by atoms with Crippen LogP contribution in [-0.2, 0) is 0 Å². The maximum Gasteiger partial charge on any atom is 0.0907 e. The molecule has 102 valence electrons. The summed E-state index contributed by atoms with van der Waals surface area (Å²) in [5.74, 6) is 0. The van der Waals surface area contributed by atoms with Crippen LogP contribution in [-0.4, -0.2) is 17.6 Å². The fraction of sp³-hybridized carbons (Fsp3) is 0.533. The van der Waals surface area contributed by atoms with Crippen molar-refractivity contribution < 1.29 is 0 Å². The number of aryl methyl sites for hydroxylation is 1. The van der Waals surface area contributed by atoms with E-state index in [0.717, 1.165) is 22.8 Å². The van der Waals surface area contributed by atoms with Gasteiger partial charge in [0.25, 0.3) is 0 Å². The third kappa shape index (κ3) is 2.54. The average Bonchev–Trinajstić information content (AvgIpc) is 3.13. The Morgan fingerprint density at radius 2 is 2.21 bits per heavy atom. The van der Waals surface area contributed by atoms with Gasteiger partial charge in [-0.15, -0.1) is 11.3 Å². The predicted octanol–water partition coefficient (Wildman–Crippen LogP) is 3.96. The second-order valence-corrected chi connectivity index (χ2v) is 6.62. The van der Waals surface area contributed by atoms with Crippen LogP contribution in [0.4, 0.5) is 11.4 Å². The van der Waals surface area contributed by atoms with E-state index in [1.54, 1.807) is 11.3 Å². The van der Waals surface area contributed by atoms with E-state index in [1.165, 1.54) is 36.1 Å². The number of unbranched alkanes of at least 4 members (excludes halogenated alkanes) is 1. The second kappa shape index (κ2) is 5.00. The van der Waals surface area contributed by atoms with Gasteiger partial charge < -0.3 is 10.6 Å². The number of fused-ring (bicyclic) bond motifs is 1. The van der Waals surface area contributed by atoms with Gasteiger partial charge >= 0.3 is 0 Å². The maximum absolute atomic E-state index is 6.27. The molecule has 0 saturated heterocycles. The smallest absolute Gasteiger partial charge is 0.0907 e. The Morgan fingerprint density at radius 3 is 2.89 bits per heavy atom. The molecule has 3 nitrogen and oxygen atoms in total. The highest BCUT2D eigenvalue weighted by molar-refractivity contribution is 7.18. The Labute approximate surface area is 118 Å². The molecule has 4 heteroatoms. The van der Waals surface area contributed by atoms with Gasteiger partial charge in [0.05, 0.1) is 26.6 Å². The van der Waals surface area contributed by atoms with E-state index < -0.39 is 0 Å². The molecular formula is C15H21N3S. The molecule has 0 spiro atoms. The summed E-state index contributed by atoms with van der Waals surface area (Å²) in [6, 6.07) is 4.98. The van der Waals surface area contributed by atoms with Gasteiger partial charge in [-0.2, -0.15) is 0 Å². The van der Waals surface area contributed by atoms with E-state index in [0.29, 0.717) is 6.04 Å². The van der Waals surface area contributed by atoms with E-state index in [-0.39, 0.29) is 0 Å². The second-order valence-electron chi connectivity index (χ2n) is 5.39. The lowest BCUT2D eigenvalue weighted by atomic mass is 10.2. The van der Waals surface area contributed by atoms with Crippen LogP contribution in [0.5, 0.6) is 0 Å². The summed E-state index contributed by atoms with van der Waals surface area (Å²) >= 11 is 1.72. The number of thiazole rings is 1. The van der Waals surface area contributed by atoms with Crippen LogP contribution in [0.25, 0.3) is 10.2 Å². The van der Waals surface area contributed by atoms with E-state index in [2.05, 4.69) is 35.9 Å². The molecule has 0 radical (unpaired) electrons. The SMILES string of the molecule is CCCCN(c1cc2nc(C)sc2cc1N)C1CC1. The zero-order chi connectivity index (χ0) is 13.4. The number of aromatic nitrogens is 1. The van der Waals surface area contributed by atoms with Gasteiger partial charge in [0.1, 0.15) is 0 Å². The first-order valence-electron chi connectivity index (χ1n) is 7.12. The first-order valence-corrected chi connectivity index (χ1v) is 7.94. The number of benzene rings is 1. The summed E-state index contributed by atoms with van der Waals surface area (Å²) in [6.45, 7) is 5.40. The van der Waals surface area contributed by atoms with Crippen molar-refractivity contribution in [3.8, 4) is 0 Å². The summed E-state index contributed by atoms with van der Waals surface area (Å²) in [5.41, 5.74) is 9.45. The number of rotatable bonds is 5. The van der Waals surface area contributed by atoms with E-state index in [1.807, 2.05) is 0 Å². The molecule has 3 rings (SSSR count). The van der Waals surface area contributed by atoms with Crippen LogP contribution in [0.15, 0.2) is 12.1 Å². The lowest BCUT2D eigenvalue weighted by molar-refractivity contribution is 0.714. The van der Waals surface area contributed by atoms with Gasteiger partial charge in [0.15, 0.2) is 0 Å². The molecule has 0 amide bonds. The Kier molecular flexibility index (Phi) is 3.35. The Morgan fingerprint density at radius 1 is 1.42 bits per heavy atom. The number of hydrogen-bond acceptors (Lipinski definition) is 4. The number of hydrogen-bond donors (Lipinski definition) is 1. The summed E-state index contributed by atoms with van der Waals surface area (Å²) < 4.78 is 1.20. The van der Waals surface area contributed by atoms with Gasteiger partial charge in [-0.05, 0) is 38.3 Å². The van der Waals surface area contributed by atoms with Gasteiger partial charge in [-0.25, -0.2) is 4.98 Å². The highest BCUT2D eigenvalue weighted by Gasteiger charge is 2.30. The molecule has 1 aromatic carbocycles. The van der Waals surface area contributed by atoms with E-state index >= 15 is 0 Å². The molecule has 0 atom stereocenters. The molecule has 0 unspecified atom stereocenters. The average molecular weight is 275 g/mol. The van der Waals surface area contributed by atoms with Crippen molar-refractivity contribution in [2.24, 2.45) is 0 Å². The van der Waals surface area contributed by atoms with Gasteiger partial charge in [-0.3, -0.25) is 0 Å². The topological polar surface area (TPSA) is 42.2 Å². The standard InChI is InChI=1S/C15H21N3S/c1-3-4-7-18(11-5-6-11)14-9-13-15(8-12(14)16)19-10(2)17-13/h8-9,11H,3-7,16H2,1-2H3. The van der Waals surface area contributed by atoms with E-state index in [9.17, 15) is 0 Å². The molecule has 0 aliphatic heterocycles. The molecule has 1 fully saturated rings. The van der Waals surface area contributed by atoms with Crippen molar-refractivity contribution in [2.75, 3.05) is 17.2 Å². The Bertz CT molecular complexity index is 586. The minimum absolute atomic E-state index is 0.700. The molecule has 2 aromatic rings. The van der Waals surface area contributed by atoms with E-state index in [4.69, 9.17) is 5.73 Å². The lowest BCUT2D eigenvalue weighted by Gasteiger charge is -2.26. The summed E-state index contributed by atoms with van der Waals surface area (Å²) in [5, 5.41) is 1.11. The van der Waals surface area contributed by atoms with Crippen LogP contribution in [0.3, 0.4) is 0 Å². The Balaban J connectivity index is 1.98. The summed E-state index contributed by atoms with van der Waals surface area (Å²) in [7, 11) is 0. The summed E-state index contributed by atoms with van der Waals surface area (Å²) in [6.07, 6.45) is 5.06. The van der Waals surface area contributed by atoms with Crippen LogP contribution < -0.4 is 10.6 Å². The van der Waals surface area contributed by atoms with Gasteiger partial charge in [0.2, 0.25) is 0 Å². The molecule has 2 N–H and O–H groups in total. The van der Waals surface area contributed by atoms with Crippen molar-refractivity contribution in [3.05, 3.63) is 17.1 Å². The van der Waals surface area contributed by atoms with Crippen LogP contribution in [0, 0.1) is 6.92 Å². The van der Waals surface area contributed by atoms with Gasteiger partial charge in [0, 0.05) is 12.6 Å². The first kappa shape index (κ1) is 12.7. The number of nitrogens with zero attached hydrogens (tertiary/aromatic N) is 2. The first-order chi connectivity index (χ1) is 9.19. The molecule has 1 aromatic heterocycles. The number of anilines is 2. The lowest BCUT2D eigenvalue weighted by Crippen LogP contribution is -2.27. The molecule has 1 aliphatic carbocycles. The highest BCUT2D eigenvalue weighted by Crippen LogP contribution is 2.38. The normalized spacial score (nSPS) is 15.1. The Hall–Kier alpha value is -1.29. The minimum Gasteiger partial charge on any atom is -0.397 e. The van der Waals surface area contributed by atoms with Crippen molar-refractivity contribution in [1.29, 1.82) is 0 Å². The molecular weight excluding hydrogens is 254 g/mol. The molecule has 1 aliphatic rings. The minimum atomic E-state index is 0.700. The monoisotopic (exact) mass is 275 g/mol. The summed E-state index contributed by atoms with van der Waals surface area (Å²) in [4.78, 5) is 7.09. The quantitative estimate of drug-likeness (QED) is 0.840. The van der Waals surface area contributed by atoms with Gasteiger partial charge in [-0.1, -0.05) is 13.3 Å². The van der Waals surface area contributed by atoms with Crippen molar-refractivity contribution >= 4 is 32.9 Å². The maximum atomic E-state index is 6.27. The van der Waals surface area contributed by atoms with Crippen LogP contribution in [0.2, 0.25) is 0 Å². The molecule has 1 saturated carbocycles. The van der Waals surface area contributed by atoms with Crippen molar-refractivity contribution in [1.82, 2.24) is 4.98 Å². The third-order valence-corrected chi connectivity index (χ3v) is 4.63. The largest absolute Gasteiger partial charge is 0.397 e. The molecule has 19 heavy (non-hydrogen) atoms. The fourth-order valence-corrected chi connectivity index (χ4v) is 3.41. The predicted molar refractivity (Wildman–Crippen MR) is 84.0 cm³/mol. The molecule has 1 heterocycles. The molecule has 0 bridgehead atoms. The van der Waals surface area contributed by atoms with Crippen molar-refractivity contribution in [2.45, 2.75) is 45.6 Å². The van der Waals surface area contributed by atoms with Crippen LogP contribution in [0.1, 0.15) is 37.6 Å². The zero-order valence-electron chi connectivity index (χ0n) is 11.6.